The lowest BCUT2D eigenvalue weighted by atomic mass is 10.2. The average molecular weight is 393 g/mol. The SMILES string of the molecule is Nc1cc(Cl)c(Cl)c(C(=O)OCc2cc(F)cc(Br)c2)c1. The maximum absolute atomic E-state index is 13.2. The number of halogens is 4. The van der Waals surface area contributed by atoms with Crippen LogP contribution in [0.4, 0.5) is 10.1 Å². The van der Waals surface area contributed by atoms with Gasteiger partial charge in [-0.25, -0.2) is 9.18 Å². The number of hydrogen-bond donors (Lipinski definition) is 1. The molecule has 0 heterocycles. The number of carbonyl (C=O) groups is 1. The molecule has 2 aromatic carbocycles. The fourth-order valence-corrected chi connectivity index (χ4v) is 2.61. The lowest BCUT2D eigenvalue weighted by molar-refractivity contribution is 0.0472. The van der Waals surface area contributed by atoms with Crippen molar-refractivity contribution >= 4 is 50.8 Å². The van der Waals surface area contributed by atoms with E-state index in [1.54, 1.807) is 6.07 Å². The van der Waals surface area contributed by atoms with Crippen LogP contribution in [0, 0.1) is 5.82 Å². The van der Waals surface area contributed by atoms with Crippen molar-refractivity contribution in [3.63, 3.8) is 0 Å². The summed E-state index contributed by atoms with van der Waals surface area (Å²) >= 11 is 14.9. The molecule has 0 saturated carbocycles. The van der Waals surface area contributed by atoms with Gasteiger partial charge in [0.2, 0.25) is 0 Å². The second kappa shape index (κ2) is 6.64. The normalized spacial score (nSPS) is 10.5. The molecule has 7 heteroatoms. The molecule has 110 valence electrons. The van der Waals surface area contributed by atoms with Crippen LogP contribution in [0.15, 0.2) is 34.8 Å². The van der Waals surface area contributed by atoms with E-state index in [1.165, 1.54) is 24.3 Å². The molecule has 0 aliphatic rings. The lowest BCUT2D eigenvalue weighted by Gasteiger charge is -2.09. The summed E-state index contributed by atoms with van der Waals surface area (Å²) in [5.74, 6) is -1.12. The second-order valence-electron chi connectivity index (χ2n) is 4.22. The fourth-order valence-electron chi connectivity index (χ4n) is 1.68. The minimum atomic E-state index is -0.686. The maximum atomic E-state index is 13.2. The highest BCUT2D eigenvalue weighted by Gasteiger charge is 2.16. The van der Waals surface area contributed by atoms with Crippen molar-refractivity contribution < 1.29 is 13.9 Å². The summed E-state index contributed by atoms with van der Waals surface area (Å²) in [6.45, 7) is -0.0993. The Morgan fingerprint density at radius 1 is 1.24 bits per heavy atom. The lowest BCUT2D eigenvalue weighted by Crippen LogP contribution is -2.07. The third-order valence-corrected chi connectivity index (χ3v) is 3.82. The van der Waals surface area contributed by atoms with Crippen LogP contribution in [0.25, 0.3) is 0 Å². The Morgan fingerprint density at radius 2 is 1.95 bits per heavy atom. The van der Waals surface area contributed by atoms with Crippen LogP contribution >= 0.6 is 39.1 Å². The van der Waals surface area contributed by atoms with E-state index in [0.717, 1.165) is 0 Å². The van der Waals surface area contributed by atoms with Gasteiger partial charge in [0.1, 0.15) is 12.4 Å². The van der Waals surface area contributed by atoms with Crippen molar-refractivity contribution in [3.8, 4) is 0 Å². The van der Waals surface area contributed by atoms with Gasteiger partial charge in [-0.05, 0) is 35.9 Å². The van der Waals surface area contributed by atoms with Gasteiger partial charge in [0.15, 0.2) is 0 Å². The number of ether oxygens (including phenoxy) is 1. The summed E-state index contributed by atoms with van der Waals surface area (Å²) in [7, 11) is 0. The number of anilines is 1. The molecule has 0 atom stereocenters. The van der Waals surface area contributed by atoms with Gasteiger partial charge >= 0.3 is 5.97 Å². The molecule has 0 fully saturated rings. The zero-order chi connectivity index (χ0) is 15.6. The summed E-state index contributed by atoms with van der Waals surface area (Å²) in [6, 6.07) is 7.03. The van der Waals surface area contributed by atoms with Crippen LogP contribution in [-0.2, 0) is 11.3 Å². The van der Waals surface area contributed by atoms with Gasteiger partial charge < -0.3 is 10.5 Å². The van der Waals surface area contributed by atoms with E-state index < -0.39 is 11.8 Å². The average Bonchev–Trinajstić information content (AvgIpc) is 2.39. The van der Waals surface area contributed by atoms with Gasteiger partial charge in [-0.2, -0.15) is 0 Å². The van der Waals surface area contributed by atoms with Crippen LogP contribution < -0.4 is 5.73 Å². The predicted molar refractivity (Wildman–Crippen MR) is 84.1 cm³/mol. The zero-order valence-electron chi connectivity index (χ0n) is 10.5. The molecule has 0 aromatic heterocycles. The molecule has 21 heavy (non-hydrogen) atoms. The molecular formula is C14H9BrCl2FNO2. The van der Waals surface area contributed by atoms with E-state index in [2.05, 4.69) is 15.9 Å². The van der Waals surface area contributed by atoms with Gasteiger partial charge in [-0.3, -0.25) is 0 Å². The van der Waals surface area contributed by atoms with E-state index >= 15 is 0 Å². The Kier molecular flexibility index (Phi) is 5.08. The summed E-state index contributed by atoms with van der Waals surface area (Å²) in [5.41, 5.74) is 6.47. The minimum Gasteiger partial charge on any atom is -0.457 e. The third kappa shape index (κ3) is 4.09. The van der Waals surface area contributed by atoms with Crippen molar-refractivity contribution in [1.82, 2.24) is 0 Å². The van der Waals surface area contributed by atoms with Crippen molar-refractivity contribution in [3.05, 3.63) is 61.8 Å². The highest BCUT2D eigenvalue weighted by Crippen LogP contribution is 2.29. The van der Waals surface area contributed by atoms with Gasteiger partial charge in [-0.1, -0.05) is 39.1 Å². The quantitative estimate of drug-likeness (QED) is 0.600. The summed E-state index contributed by atoms with van der Waals surface area (Å²) in [4.78, 5) is 12.0. The first-order valence-corrected chi connectivity index (χ1v) is 7.28. The highest BCUT2D eigenvalue weighted by molar-refractivity contribution is 9.10. The molecule has 0 bridgehead atoms. The third-order valence-electron chi connectivity index (χ3n) is 2.56. The molecule has 2 N–H and O–H groups in total. The van der Waals surface area contributed by atoms with Crippen LogP contribution in [0.3, 0.4) is 0 Å². The second-order valence-corrected chi connectivity index (χ2v) is 5.92. The standard InChI is InChI=1S/C14H9BrCl2FNO2/c15-8-1-7(2-9(18)3-8)6-21-14(20)11-4-10(19)5-12(16)13(11)17/h1-5H,6,19H2. The number of nitrogen functional groups attached to an aromatic ring is 1. The molecule has 2 rings (SSSR count). The highest BCUT2D eigenvalue weighted by atomic mass is 79.9. The zero-order valence-corrected chi connectivity index (χ0v) is 13.6. The van der Waals surface area contributed by atoms with Crippen molar-refractivity contribution in [2.24, 2.45) is 0 Å². The molecule has 3 nitrogen and oxygen atoms in total. The first-order valence-electron chi connectivity index (χ1n) is 5.73. The molecule has 0 spiro atoms. The van der Waals surface area contributed by atoms with Crippen LogP contribution in [0.1, 0.15) is 15.9 Å². The summed E-state index contributed by atoms with van der Waals surface area (Å²) in [5, 5.41) is 0.230. The largest absolute Gasteiger partial charge is 0.457 e. The topological polar surface area (TPSA) is 52.3 Å². The van der Waals surface area contributed by atoms with Gasteiger partial charge in [0.25, 0.3) is 0 Å². The van der Waals surface area contributed by atoms with Crippen molar-refractivity contribution in [2.45, 2.75) is 6.61 Å². The molecule has 0 amide bonds. The summed E-state index contributed by atoms with van der Waals surface area (Å²) < 4.78 is 18.9. The smallest absolute Gasteiger partial charge is 0.340 e. The molecule has 0 aliphatic heterocycles. The molecule has 2 aromatic rings. The van der Waals surface area contributed by atoms with Crippen molar-refractivity contribution in [2.75, 3.05) is 5.73 Å². The van der Waals surface area contributed by atoms with Crippen LogP contribution in [-0.4, -0.2) is 5.97 Å². The Balaban J connectivity index is 2.15. The van der Waals surface area contributed by atoms with Gasteiger partial charge in [0.05, 0.1) is 15.6 Å². The van der Waals surface area contributed by atoms with E-state index in [9.17, 15) is 9.18 Å². The van der Waals surface area contributed by atoms with Gasteiger partial charge in [0, 0.05) is 10.2 Å². The first-order chi connectivity index (χ1) is 9.86. The monoisotopic (exact) mass is 391 g/mol. The first kappa shape index (κ1) is 16.1. The fraction of sp³-hybridized carbons (Fsp3) is 0.0714. The predicted octanol–water partition coefficient (Wildman–Crippen LogP) is 4.83. The van der Waals surface area contributed by atoms with E-state index in [-0.39, 0.29) is 22.2 Å². The van der Waals surface area contributed by atoms with E-state index in [1.807, 2.05) is 0 Å². The Morgan fingerprint density at radius 3 is 2.62 bits per heavy atom. The Bertz CT molecular complexity index is 689. The number of hydrogen-bond acceptors (Lipinski definition) is 3. The number of benzene rings is 2. The number of carbonyl (C=O) groups excluding carboxylic acids is 1. The van der Waals surface area contributed by atoms with Crippen molar-refractivity contribution in [1.29, 1.82) is 0 Å². The molecule has 0 saturated heterocycles. The molecular weight excluding hydrogens is 384 g/mol. The number of esters is 1. The van der Waals surface area contributed by atoms with E-state index in [4.69, 9.17) is 33.7 Å². The number of rotatable bonds is 3. The minimum absolute atomic E-state index is 0.0660. The molecule has 0 unspecified atom stereocenters. The maximum Gasteiger partial charge on any atom is 0.340 e. The van der Waals surface area contributed by atoms with Crippen LogP contribution in [0.5, 0.6) is 0 Å². The van der Waals surface area contributed by atoms with E-state index in [0.29, 0.717) is 15.7 Å². The summed E-state index contributed by atoms with van der Waals surface area (Å²) in [6.07, 6.45) is 0. The Hall–Kier alpha value is -1.30. The van der Waals surface area contributed by atoms with Crippen LogP contribution in [0.2, 0.25) is 10.0 Å². The molecule has 0 aliphatic carbocycles. The number of nitrogens with two attached hydrogens (primary N) is 1. The Labute approximate surface area is 138 Å². The molecule has 0 radical (unpaired) electrons. The van der Waals surface area contributed by atoms with Gasteiger partial charge in [-0.15, -0.1) is 0 Å².